The Bertz CT molecular complexity index is 466. The minimum Gasteiger partial charge on any atom is -0.339 e. The monoisotopic (exact) mass is 310 g/mol. The number of hydrogen-bond acceptors (Lipinski definition) is 2. The van der Waals surface area contributed by atoms with Crippen molar-refractivity contribution in [1.29, 1.82) is 0 Å². The number of aryl methyl sites for hydroxylation is 1. The first-order chi connectivity index (χ1) is 9.65. The predicted molar refractivity (Wildman–Crippen MR) is 90.5 cm³/mol. The fourth-order valence-electron chi connectivity index (χ4n) is 3.02. The lowest BCUT2D eigenvalue weighted by Gasteiger charge is -2.25. The molecule has 3 nitrogen and oxygen atoms in total. The van der Waals surface area contributed by atoms with Gasteiger partial charge in [0.15, 0.2) is 0 Å². The van der Waals surface area contributed by atoms with Gasteiger partial charge >= 0.3 is 0 Å². The number of halogens is 1. The summed E-state index contributed by atoms with van der Waals surface area (Å²) < 4.78 is 0. The number of hydrogen-bond donors (Lipinski definition) is 1. The highest BCUT2D eigenvalue weighted by molar-refractivity contribution is 5.94. The fraction of sp³-hybridized carbons (Fsp3) is 0.588. The Morgan fingerprint density at radius 2 is 1.81 bits per heavy atom. The molecule has 0 radical (unpaired) electrons. The number of nitrogens with zero attached hydrogens (tertiary/aromatic N) is 1. The summed E-state index contributed by atoms with van der Waals surface area (Å²) in [4.78, 5) is 14.4. The second-order valence-corrected chi connectivity index (χ2v) is 5.63. The first-order valence-corrected chi connectivity index (χ1v) is 7.77. The second-order valence-electron chi connectivity index (χ2n) is 5.63. The molecule has 0 spiro atoms. The molecule has 0 atom stereocenters. The summed E-state index contributed by atoms with van der Waals surface area (Å²) in [6, 6.07) is 6.38. The molecule has 2 rings (SSSR count). The standard InChI is InChI=1S/C17H26N2O.ClH/c1-4-19(5-2)17(20)16-11-13(3)10-15(12-16)14-6-8-18-9-7-14;/h10-12,14,18H,4-9H2,1-3H3;1H. The van der Waals surface area contributed by atoms with Gasteiger partial charge in [0.2, 0.25) is 0 Å². The number of rotatable bonds is 4. The minimum absolute atomic E-state index is 0. The third-order valence-electron chi connectivity index (χ3n) is 4.21. The van der Waals surface area contributed by atoms with E-state index in [-0.39, 0.29) is 18.3 Å². The quantitative estimate of drug-likeness (QED) is 0.925. The lowest BCUT2D eigenvalue weighted by Crippen LogP contribution is -2.31. The molecule has 4 heteroatoms. The Morgan fingerprint density at radius 3 is 2.38 bits per heavy atom. The molecule has 1 N–H and O–H groups in total. The first kappa shape index (κ1) is 18.0. The zero-order chi connectivity index (χ0) is 14.5. The molecule has 1 aliphatic heterocycles. The van der Waals surface area contributed by atoms with Crippen molar-refractivity contribution in [2.45, 2.75) is 39.5 Å². The van der Waals surface area contributed by atoms with Gasteiger partial charge in [0, 0.05) is 18.7 Å². The van der Waals surface area contributed by atoms with E-state index >= 15 is 0 Å². The van der Waals surface area contributed by atoms with Crippen LogP contribution in [-0.2, 0) is 0 Å². The van der Waals surface area contributed by atoms with Crippen LogP contribution in [0.4, 0.5) is 0 Å². The van der Waals surface area contributed by atoms with E-state index in [1.165, 1.54) is 24.0 Å². The van der Waals surface area contributed by atoms with Crippen LogP contribution in [0.15, 0.2) is 18.2 Å². The maximum absolute atomic E-state index is 12.5. The Hall–Kier alpha value is -1.06. The van der Waals surface area contributed by atoms with Crippen LogP contribution in [0.2, 0.25) is 0 Å². The molecule has 1 aromatic carbocycles. The minimum atomic E-state index is 0. The summed E-state index contributed by atoms with van der Waals surface area (Å²) in [6.07, 6.45) is 2.34. The normalized spacial score (nSPS) is 15.4. The molecule has 0 bridgehead atoms. The Balaban J connectivity index is 0.00000220. The number of nitrogens with one attached hydrogen (secondary N) is 1. The third kappa shape index (κ3) is 4.45. The number of piperidine rings is 1. The van der Waals surface area contributed by atoms with Crippen molar-refractivity contribution in [2.24, 2.45) is 0 Å². The summed E-state index contributed by atoms with van der Waals surface area (Å²) in [5, 5.41) is 3.40. The Labute approximate surface area is 134 Å². The molecule has 0 unspecified atom stereocenters. The van der Waals surface area contributed by atoms with E-state index < -0.39 is 0 Å². The summed E-state index contributed by atoms with van der Waals surface area (Å²) in [7, 11) is 0. The molecule has 1 heterocycles. The SMILES string of the molecule is CCN(CC)C(=O)c1cc(C)cc(C2CCNCC2)c1.Cl. The molecular formula is C17H27ClN2O. The van der Waals surface area contributed by atoms with Gasteiger partial charge in [-0.1, -0.05) is 11.6 Å². The van der Waals surface area contributed by atoms with Gasteiger partial charge in [-0.15, -0.1) is 12.4 Å². The van der Waals surface area contributed by atoms with Gasteiger partial charge in [0.05, 0.1) is 0 Å². The predicted octanol–water partition coefficient (Wildman–Crippen LogP) is 3.37. The number of benzene rings is 1. The van der Waals surface area contributed by atoms with Crippen LogP contribution in [0.5, 0.6) is 0 Å². The zero-order valence-electron chi connectivity index (χ0n) is 13.3. The number of carbonyl (C=O) groups excluding carboxylic acids is 1. The summed E-state index contributed by atoms with van der Waals surface area (Å²) in [6.45, 7) is 9.85. The average molecular weight is 311 g/mol. The van der Waals surface area contributed by atoms with Crippen LogP contribution in [0.3, 0.4) is 0 Å². The third-order valence-corrected chi connectivity index (χ3v) is 4.21. The zero-order valence-corrected chi connectivity index (χ0v) is 14.1. The largest absolute Gasteiger partial charge is 0.339 e. The van der Waals surface area contributed by atoms with Crippen molar-refractivity contribution in [1.82, 2.24) is 10.2 Å². The van der Waals surface area contributed by atoms with E-state index in [1.54, 1.807) is 0 Å². The highest BCUT2D eigenvalue weighted by atomic mass is 35.5. The Morgan fingerprint density at radius 1 is 1.19 bits per heavy atom. The van der Waals surface area contributed by atoms with Crippen molar-refractivity contribution >= 4 is 18.3 Å². The van der Waals surface area contributed by atoms with E-state index in [2.05, 4.69) is 24.4 Å². The van der Waals surface area contributed by atoms with E-state index in [1.807, 2.05) is 24.8 Å². The van der Waals surface area contributed by atoms with Crippen molar-refractivity contribution < 1.29 is 4.79 Å². The van der Waals surface area contributed by atoms with E-state index in [9.17, 15) is 4.79 Å². The molecule has 1 amide bonds. The van der Waals surface area contributed by atoms with E-state index in [4.69, 9.17) is 0 Å². The van der Waals surface area contributed by atoms with Crippen molar-refractivity contribution in [3.8, 4) is 0 Å². The molecule has 1 aliphatic rings. The summed E-state index contributed by atoms with van der Waals surface area (Å²) in [5.41, 5.74) is 3.38. The van der Waals surface area contributed by atoms with Crippen LogP contribution in [-0.4, -0.2) is 37.0 Å². The van der Waals surface area contributed by atoms with Crippen LogP contribution in [0.1, 0.15) is 54.1 Å². The van der Waals surface area contributed by atoms with E-state index in [0.29, 0.717) is 5.92 Å². The van der Waals surface area contributed by atoms with Crippen LogP contribution in [0.25, 0.3) is 0 Å². The van der Waals surface area contributed by atoms with Crippen LogP contribution >= 0.6 is 12.4 Å². The molecule has 1 saturated heterocycles. The first-order valence-electron chi connectivity index (χ1n) is 7.77. The van der Waals surface area contributed by atoms with Gasteiger partial charge in [-0.25, -0.2) is 0 Å². The van der Waals surface area contributed by atoms with Gasteiger partial charge in [-0.2, -0.15) is 0 Å². The fourth-order valence-corrected chi connectivity index (χ4v) is 3.02. The van der Waals surface area contributed by atoms with Crippen molar-refractivity contribution in [3.05, 3.63) is 34.9 Å². The van der Waals surface area contributed by atoms with Gasteiger partial charge in [0.25, 0.3) is 5.91 Å². The van der Waals surface area contributed by atoms with Gasteiger partial charge in [-0.05, 0) is 70.3 Å². The summed E-state index contributed by atoms with van der Waals surface area (Å²) in [5.74, 6) is 0.758. The van der Waals surface area contributed by atoms with E-state index in [0.717, 1.165) is 31.7 Å². The maximum atomic E-state index is 12.5. The van der Waals surface area contributed by atoms with Crippen LogP contribution in [0, 0.1) is 6.92 Å². The number of carbonyl (C=O) groups is 1. The topological polar surface area (TPSA) is 32.3 Å². The molecular weight excluding hydrogens is 284 g/mol. The lowest BCUT2D eigenvalue weighted by molar-refractivity contribution is 0.0772. The number of amides is 1. The van der Waals surface area contributed by atoms with Gasteiger partial charge < -0.3 is 10.2 Å². The molecule has 0 saturated carbocycles. The smallest absolute Gasteiger partial charge is 0.253 e. The highest BCUT2D eigenvalue weighted by Crippen LogP contribution is 2.27. The maximum Gasteiger partial charge on any atom is 0.253 e. The molecule has 21 heavy (non-hydrogen) atoms. The molecule has 0 aliphatic carbocycles. The van der Waals surface area contributed by atoms with Gasteiger partial charge in [0.1, 0.15) is 0 Å². The summed E-state index contributed by atoms with van der Waals surface area (Å²) >= 11 is 0. The highest BCUT2D eigenvalue weighted by Gasteiger charge is 2.19. The average Bonchev–Trinajstić information content (AvgIpc) is 2.48. The Kier molecular flexibility index (Phi) is 7.20. The lowest BCUT2D eigenvalue weighted by atomic mass is 9.88. The second kappa shape index (κ2) is 8.40. The molecule has 0 aromatic heterocycles. The van der Waals surface area contributed by atoms with Crippen LogP contribution < -0.4 is 5.32 Å². The van der Waals surface area contributed by atoms with Crippen molar-refractivity contribution in [2.75, 3.05) is 26.2 Å². The van der Waals surface area contributed by atoms with Crippen molar-refractivity contribution in [3.63, 3.8) is 0 Å². The molecule has 118 valence electrons. The molecule has 1 fully saturated rings. The molecule has 1 aromatic rings. The van der Waals surface area contributed by atoms with Gasteiger partial charge in [-0.3, -0.25) is 4.79 Å².